The third-order valence-corrected chi connectivity index (χ3v) is 5.84. The average Bonchev–Trinajstić information content (AvgIpc) is 2.82. The van der Waals surface area contributed by atoms with Crippen LogP contribution < -0.4 is 10.2 Å². The molecule has 0 radical (unpaired) electrons. The van der Waals surface area contributed by atoms with Crippen LogP contribution in [0.3, 0.4) is 0 Å². The van der Waals surface area contributed by atoms with Gasteiger partial charge in [0.05, 0.1) is 24.1 Å². The monoisotopic (exact) mass is 450 g/mol. The molecule has 7 nitrogen and oxygen atoms in total. The van der Waals surface area contributed by atoms with E-state index >= 15 is 0 Å². The number of thioether (sulfide) groups is 1. The lowest BCUT2D eigenvalue weighted by molar-refractivity contribution is -0.142. The molecule has 1 aliphatic rings. The molecule has 9 heteroatoms. The molecule has 2 aromatic carbocycles. The lowest BCUT2D eigenvalue weighted by atomic mass is 10.0. The van der Waals surface area contributed by atoms with Gasteiger partial charge in [0, 0.05) is 4.90 Å². The Balaban J connectivity index is 0.00000320. The van der Waals surface area contributed by atoms with Crippen LogP contribution >= 0.6 is 24.2 Å². The summed E-state index contributed by atoms with van der Waals surface area (Å²) in [5.74, 6) is -1.98. The maximum absolute atomic E-state index is 13.4. The fourth-order valence-electron chi connectivity index (χ4n) is 3.20. The quantitative estimate of drug-likeness (QED) is 0.626. The molecule has 3 rings (SSSR count). The van der Waals surface area contributed by atoms with Crippen LogP contribution in [0.4, 0.5) is 5.69 Å². The number of amides is 1. The summed E-state index contributed by atoms with van der Waals surface area (Å²) in [7, 11) is 0. The Bertz CT molecular complexity index is 896. The number of carbonyl (C=O) groups is 3. The number of fused-ring (bicyclic) bond motifs is 1. The highest BCUT2D eigenvalue weighted by Crippen LogP contribution is 2.45. The van der Waals surface area contributed by atoms with Gasteiger partial charge in [0.25, 0.3) is 0 Å². The van der Waals surface area contributed by atoms with Crippen molar-refractivity contribution in [3.63, 3.8) is 0 Å². The van der Waals surface area contributed by atoms with Crippen molar-refractivity contribution in [3.8, 4) is 0 Å². The molecule has 30 heavy (non-hydrogen) atoms. The second-order valence-corrected chi connectivity index (χ2v) is 7.58. The molecule has 1 amide bonds. The lowest BCUT2D eigenvalue weighted by Gasteiger charge is -2.27. The molecule has 0 fully saturated rings. The van der Waals surface area contributed by atoms with Crippen molar-refractivity contribution in [1.82, 2.24) is 5.32 Å². The first-order valence-corrected chi connectivity index (χ1v) is 10.1. The predicted molar refractivity (Wildman–Crippen MR) is 117 cm³/mol. The average molecular weight is 451 g/mol. The number of hydrogen-bond donors (Lipinski definition) is 2. The van der Waals surface area contributed by atoms with Crippen molar-refractivity contribution in [2.45, 2.75) is 23.1 Å². The molecule has 0 bridgehead atoms. The van der Waals surface area contributed by atoms with Crippen LogP contribution in [-0.2, 0) is 19.1 Å². The molecule has 2 aromatic rings. The zero-order valence-electron chi connectivity index (χ0n) is 16.3. The van der Waals surface area contributed by atoms with E-state index in [0.29, 0.717) is 5.69 Å². The fraction of sp³-hybridized carbons (Fsp3) is 0.286. The Hall–Kier alpha value is -2.55. The number of carboxylic acids is 1. The van der Waals surface area contributed by atoms with Gasteiger partial charge >= 0.3 is 11.9 Å². The Morgan fingerprint density at radius 3 is 2.47 bits per heavy atom. The van der Waals surface area contributed by atoms with Crippen LogP contribution in [0.25, 0.3) is 0 Å². The molecule has 1 aliphatic heterocycles. The minimum Gasteiger partial charge on any atom is -0.480 e. The van der Waals surface area contributed by atoms with E-state index in [1.807, 2.05) is 42.5 Å². The van der Waals surface area contributed by atoms with Gasteiger partial charge in [-0.2, -0.15) is 0 Å². The number of aliphatic carboxylic acids is 1. The van der Waals surface area contributed by atoms with Crippen molar-refractivity contribution in [3.05, 3.63) is 60.2 Å². The zero-order chi connectivity index (χ0) is 20.8. The standard InChI is InChI=1S/C21H22N2O5S.ClH/c1-2-28-18(26)12-22-19-20(14-8-4-3-5-9-14)29-16-11-7-6-10-15(16)23(21(19)27)13-17(24)25;/h3-11,19-20,22H,2,12-13H2,1H3,(H,24,25);1H. The van der Waals surface area contributed by atoms with Gasteiger partial charge in [0.1, 0.15) is 12.6 Å². The summed E-state index contributed by atoms with van der Waals surface area (Å²) in [6.07, 6.45) is 0. The van der Waals surface area contributed by atoms with Gasteiger partial charge in [-0.05, 0) is 24.6 Å². The number of rotatable bonds is 7. The Morgan fingerprint density at radius 1 is 1.13 bits per heavy atom. The van der Waals surface area contributed by atoms with Gasteiger partial charge in [-0.15, -0.1) is 24.2 Å². The SMILES string of the molecule is CCOC(=O)CNC1C(=O)N(CC(=O)O)c2ccccc2SC1c1ccccc1.Cl. The van der Waals surface area contributed by atoms with Crippen LogP contribution in [0.5, 0.6) is 0 Å². The van der Waals surface area contributed by atoms with Crippen molar-refractivity contribution in [2.75, 3.05) is 24.6 Å². The number of anilines is 1. The Kier molecular flexibility index (Phi) is 8.71. The van der Waals surface area contributed by atoms with E-state index in [4.69, 9.17) is 4.74 Å². The molecule has 0 aliphatic carbocycles. The minimum atomic E-state index is -1.11. The van der Waals surface area contributed by atoms with Crippen molar-refractivity contribution in [1.29, 1.82) is 0 Å². The maximum atomic E-state index is 13.4. The number of carbonyl (C=O) groups excluding carboxylic acids is 2. The first-order chi connectivity index (χ1) is 14.0. The summed E-state index contributed by atoms with van der Waals surface area (Å²) >= 11 is 1.47. The number of esters is 1. The number of para-hydroxylation sites is 1. The number of ether oxygens (including phenoxy) is 1. The van der Waals surface area contributed by atoms with E-state index in [1.165, 1.54) is 16.7 Å². The van der Waals surface area contributed by atoms with E-state index in [-0.39, 0.29) is 30.8 Å². The van der Waals surface area contributed by atoms with Gasteiger partial charge in [0.2, 0.25) is 5.91 Å². The largest absolute Gasteiger partial charge is 0.480 e. The van der Waals surface area contributed by atoms with Crippen molar-refractivity contribution < 1.29 is 24.2 Å². The minimum absolute atomic E-state index is 0. The van der Waals surface area contributed by atoms with Crippen molar-refractivity contribution in [2.24, 2.45) is 0 Å². The van der Waals surface area contributed by atoms with Crippen molar-refractivity contribution >= 4 is 47.7 Å². The maximum Gasteiger partial charge on any atom is 0.323 e. The van der Waals surface area contributed by atoms with Gasteiger partial charge in [-0.3, -0.25) is 24.6 Å². The number of halogens is 1. The van der Waals surface area contributed by atoms with E-state index in [2.05, 4.69) is 5.32 Å². The molecule has 0 saturated carbocycles. The van der Waals surface area contributed by atoms with Crippen LogP contribution in [0, 0.1) is 0 Å². The lowest BCUT2D eigenvalue weighted by Crippen LogP contribution is -2.51. The molecule has 2 atom stereocenters. The first-order valence-electron chi connectivity index (χ1n) is 9.24. The molecule has 0 saturated heterocycles. The number of nitrogens with one attached hydrogen (secondary N) is 1. The zero-order valence-corrected chi connectivity index (χ0v) is 17.9. The highest BCUT2D eigenvalue weighted by Gasteiger charge is 2.39. The molecule has 2 N–H and O–H groups in total. The van der Waals surface area contributed by atoms with Crippen LogP contribution in [0.15, 0.2) is 59.5 Å². The first kappa shape index (κ1) is 23.7. The van der Waals surface area contributed by atoms with Gasteiger partial charge in [0.15, 0.2) is 0 Å². The van der Waals surface area contributed by atoms with E-state index in [9.17, 15) is 19.5 Å². The van der Waals surface area contributed by atoms with E-state index < -0.39 is 30.4 Å². The third-order valence-electron chi connectivity index (χ3n) is 4.44. The Morgan fingerprint density at radius 2 is 1.80 bits per heavy atom. The molecule has 2 unspecified atom stereocenters. The predicted octanol–water partition coefficient (Wildman–Crippen LogP) is 2.89. The van der Waals surface area contributed by atoms with Gasteiger partial charge < -0.3 is 9.84 Å². The second kappa shape index (κ2) is 11.0. The summed E-state index contributed by atoms with van der Waals surface area (Å²) in [6.45, 7) is 1.34. The number of benzene rings is 2. The topological polar surface area (TPSA) is 95.9 Å². The van der Waals surface area contributed by atoms with Gasteiger partial charge in [-0.1, -0.05) is 42.5 Å². The van der Waals surface area contributed by atoms with Gasteiger partial charge in [-0.25, -0.2) is 0 Å². The molecular weight excluding hydrogens is 428 g/mol. The number of nitrogens with zero attached hydrogens (tertiary/aromatic N) is 1. The molecule has 160 valence electrons. The number of hydrogen-bond acceptors (Lipinski definition) is 6. The highest BCUT2D eigenvalue weighted by atomic mass is 35.5. The summed E-state index contributed by atoms with van der Waals surface area (Å²) in [6, 6.07) is 15.9. The summed E-state index contributed by atoms with van der Waals surface area (Å²) < 4.78 is 4.97. The van der Waals surface area contributed by atoms with Crippen LogP contribution in [0.1, 0.15) is 17.7 Å². The second-order valence-electron chi connectivity index (χ2n) is 6.40. The molecule has 0 spiro atoms. The molecular formula is C21H23ClN2O5S. The molecule has 0 aromatic heterocycles. The smallest absolute Gasteiger partial charge is 0.323 e. The normalized spacial score (nSPS) is 18.0. The fourth-order valence-corrected chi connectivity index (χ4v) is 4.57. The molecule has 1 heterocycles. The summed E-state index contributed by atoms with van der Waals surface area (Å²) in [4.78, 5) is 38.8. The van der Waals surface area contributed by atoms with Crippen LogP contribution in [0.2, 0.25) is 0 Å². The summed E-state index contributed by atoms with van der Waals surface area (Å²) in [5.41, 5.74) is 1.45. The van der Waals surface area contributed by atoms with Crippen LogP contribution in [-0.4, -0.2) is 48.7 Å². The summed E-state index contributed by atoms with van der Waals surface area (Å²) in [5, 5.41) is 12.0. The third kappa shape index (κ3) is 5.53. The van der Waals surface area contributed by atoms with E-state index in [1.54, 1.807) is 19.1 Å². The highest BCUT2D eigenvalue weighted by molar-refractivity contribution is 7.99. The number of carboxylic acid groups (broad SMARTS) is 1. The Labute approximate surface area is 185 Å². The van der Waals surface area contributed by atoms with E-state index in [0.717, 1.165) is 10.5 Å².